The number of carbonyl (C=O) groups excluding carboxylic acids is 2. The Labute approximate surface area is 186 Å². The molecule has 1 unspecified atom stereocenters. The van der Waals surface area contributed by atoms with Crippen molar-refractivity contribution in [3.8, 4) is 0 Å². The van der Waals surface area contributed by atoms with Gasteiger partial charge in [0.15, 0.2) is 5.82 Å². The minimum absolute atomic E-state index is 0.0763. The number of amides is 2. The van der Waals surface area contributed by atoms with E-state index in [4.69, 9.17) is 11.6 Å². The summed E-state index contributed by atoms with van der Waals surface area (Å²) in [5.74, 6) is 0.540. The van der Waals surface area contributed by atoms with E-state index in [1.54, 1.807) is 25.2 Å². The van der Waals surface area contributed by atoms with Crippen molar-refractivity contribution in [2.45, 2.75) is 12.8 Å². The number of hydrogen-bond donors (Lipinski definition) is 3. The summed E-state index contributed by atoms with van der Waals surface area (Å²) in [6.45, 7) is 3.44. The van der Waals surface area contributed by atoms with Crippen molar-refractivity contribution in [3.63, 3.8) is 0 Å². The van der Waals surface area contributed by atoms with Crippen LogP contribution in [0.1, 0.15) is 12.0 Å². The van der Waals surface area contributed by atoms with Crippen molar-refractivity contribution in [1.29, 1.82) is 0 Å². The Morgan fingerprint density at radius 1 is 1.26 bits per heavy atom. The van der Waals surface area contributed by atoms with Crippen LogP contribution >= 0.6 is 11.6 Å². The molecule has 1 aromatic carbocycles. The second-order valence-electron chi connectivity index (χ2n) is 7.74. The van der Waals surface area contributed by atoms with Gasteiger partial charge in [-0.05, 0) is 30.2 Å². The van der Waals surface area contributed by atoms with Crippen LogP contribution in [0.15, 0.2) is 24.4 Å². The first kappa shape index (κ1) is 21.3. The topological polar surface area (TPSA) is 102 Å². The Hall–Kier alpha value is -2.91. The summed E-state index contributed by atoms with van der Waals surface area (Å²) in [7, 11) is 3.33. The predicted molar refractivity (Wildman–Crippen MR) is 121 cm³/mol. The molecule has 4 rings (SSSR count). The first-order valence-corrected chi connectivity index (χ1v) is 10.7. The van der Waals surface area contributed by atoms with Crippen molar-refractivity contribution in [2.75, 3.05) is 55.4 Å². The van der Waals surface area contributed by atoms with Gasteiger partial charge in [0.1, 0.15) is 5.02 Å². The van der Waals surface area contributed by atoms with Crippen molar-refractivity contribution in [1.82, 2.24) is 20.6 Å². The first-order valence-electron chi connectivity index (χ1n) is 10.3. The van der Waals surface area contributed by atoms with Crippen LogP contribution in [0.5, 0.6) is 0 Å². The van der Waals surface area contributed by atoms with Crippen molar-refractivity contribution in [3.05, 3.63) is 35.0 Å². The minimum Gasteiger partial charge on any atom is -0.359 e. The molecule has 9 nitrogen and oxygen atoms in total. The zero-order chi connectivity index (χ0) is 22.0. The molecule has 10 heteroatoms. The van der Waals surface area contributed by atoms with Crippen LogP contribution in [0.25, 0.3) is 0 Å². The monoisotopic (exact) mass is 443 g/mol. The number of carbonyl (C=O) groups is 2. The van der Waals surface area contributed by atoms with Gasteiger partial charge in [-0.15, -0.1) is 0 Å². The van der Waals surface area contributed by atoms with Crippen LogP contribution in [-0.2, 0) is 16.0 Å². The third-order valence-electron chi connectivity index (χ3n) is 5.71. The van der Waals surface area contributed by atoms with Gasteiger partial charge in [-0.25, -0.2) is 4.98 Å². The number of anilines is 4. The summed E-state index contributed by atoms with van der Waals surface area (Å²) in [4.78, 5) is 37.5. The third-order valence-corrected chi connectivity index (χ3v) is 5.99. The van der Waals surface area contributed by atoms with E-state index in [2.05, 4.69) is 30.8 Å². The number of nitrogens with zero attached hydrogens (tertiary/aromatic N) is 4. The molecule has 164 valence electrons. The van der Waals surface area contributed by atoms with Gasteiger partial charge in [0.05, 0.1) is 12.1 Å². The summed E-state index contributed by atoms with van der Waals surface area (Å²) >= 11 is 6.36. The highest BCUT2D eigenvalue weighted by atomic mass is 35.5. The first-order chi connectivity index (χ1) is 15.0. The normalized spacial score (nSPS) is 18.9. The van der Waals surface area contributed by atoms with Crippen LogP contribution in [0.4, 0.5) is 23.1 Å². The molecule has 0 spiro atoms. The summed E-state index contributed by atoms with van der Waals surface area (Å²) in [6, 6.07) is 5.71. The molecule has 2 aromatic rings. The quantitative estimate of drug-likeness (QED) is 0.658. The molecule has 0 aliphatic carbocycles. The fourth-order valence-electron chi connectivity index (χ4n) is 3.96. The van der Waals surface area contributed by atoms with Crippen LogP contribution in [0.3, 0.4) is 0 Å². The van der Waals surface area contributed by atoms with Crippen LogP contribution in [0, 0.1) is 5.92 Å². The summed E-state index contributed by atoms with van der Waals surface area (Å²) in [5.41, 5.74) is 2.50. The highest BCUT2D eigenvalue weighted by Gasteiger charge is 2.29. The van der Waals surface area contributed by atoms with Gasteiger partial charge >= 0.3 is 0 Å². The standard InChI is InChI=1S/C21H26ClN7O2/c1-23-20(31)14-9-13-10-15(3-4-17(13)28(2)18(30)11-14)26-19-16(22)12-25-21(27-19)29-7-5-24-6-8-29/h3-4,10,12,14,24H,5-9,11H2,1-2H3,(H,23,31)(H,25,26,27). The maximum atomic E-state index is 12.5. The van der Waals surface area contributed by atoms with E-state index >= 15 is 0 Å². The Kier molecular flexibility index (Phi) is 6.24. The zero-order valence-electron chi connectivity index (χ0n) is 17.6. The average Bonchev–Trinajstić information content (AvgIpc) is 2.91. The second-order valence-corrected chi connectivity index (χ2v) is 8.15. The fourth-order valence-corrected chi connectivity index (χ4v) is 4.10. The summed E-state index contributed by atoms with van der Waals surface area (Å²) < 4.78 is 0. The predicted octanol–water partition coefficient (Wildman–Crippen LogP) is 1.55. The smallest absolute Gasteiger partial charge is 0.227 e. The Morgan fingerprint density at radius 2 is 2.03 bits per heavy atom. The molecule has 2 amide bonds. The lowest BCUT2D eigenvalue weighted by molar-refractivity contribution is -0.128. The highest BCUT2D eigenvalue weighted by molar-refractivity contribution is 6.32. The SMILES string of the molecule is CNC(=O)C1CC(=O)N(C)c2ccc(Nc3nc(N4CCNCC4)ncc3Cl)cc2C1. The van der Waals surface area contributed by atoms with Gasteiger partial charge in [0.2, 0.25) is 17.8 Å². The Bertz CT molecular complexity index is 994. The number of rotatable bonds is 4. The molecule has 0 bridgehead atoms. The largest absolute Gasteiger partial charge is 0.359 e. The van der Waals surface area contributed by atoms with E-state index in [0.717, 1.165) is 43.1 Å². The van der Waals surface area contributed by atoms with Crippen LogP contribution in [-0.4, -0.2) is 62.1 Å². The lowest BCUT2D eigenvalue weighted by Gasteiger charge is -2.27. The molecule has 3 N–H and O–H groups in total. The molecule has 2 aliphatic rings. The zero-order valence-corrected chi connectivity index (χ0v) is 18.4. The average molecular weight is 444 g/mol. The molecule has 2 aliphatic heterocycles. The van der Waals surface area contributed by atoms with Gasteiger partial charge in [0, 0.05) is 58.1 Å². The summed E-state index contributed by atoms with van der Waals surface area (Å²) in [5, 5.41) is 9.67. The van der Waals surface area contributed by atoms with E-state index in [-0.39, 0.29) is 18.2 Å². The van der Waals surface area contributed by atoms with Crippen LogP contribution in [0.2, 0.25) is 5.02 Å². The minimum atomic E-state index is -0.404. The maximum absolute atomic E-state index is 12.5. The number of aromatic nitrogens is 2. The molecule has 0 saturated carbocycles. The number of nitrogens with one attached hydrogen (secondary N) is 3. The third kappa shape index (κ3) is 4.57. The number of fused-ring (bicyclic) bond motifs is 1. The fraction of sp³-hybridized carbons (Fsp3) is 0.429. The molecule has 1 aromatic heterocycles. The van der Waals surface area contributed by atoms with E-state index in [1.807, 2.05) is 18.2 Å². The molecular formula is C21H26ClN7O2. The molecule has 1 atom stereocenters. The number of hydrogen-bond acceptors (Lipinski definition) is 7. The number of piperazine rings is 1. The van der Waals surface area contributed by atoms with Gasteiger partial charge in [-0.1, -0.05) is 11.6 Å². The van der Waals surface area contributed by atoms with E-state index < -0.39 is 5.92 Å². The van der Waals surface area contributed by atoms with Crippen molar-refractivity contribution < 1.29 is 9.59 Å². The van der Waals surface area contributed by atoms with E-state index in [0.29, 0.717) is 23.2 Å². The van der Waals surface area contributed by atoms with Gasteiger partial charge < -0.3 is 25.8 Å². The highest BCUT2D eigenvalue weighted by Crippen LogP contribution is 2.33. The van der Waals surface area contributed by atoms with Crippen molar-refractivity contribution >= 4 is 46.6 Å². The van der Waals surface area contributed by atoms with Gasteiger partial charge in [-0.3, -0.25) is 9.59 Å². The van der Waals surface area contributed by atoms with Crippen LogP contribution < -0.4 is 25.8 Å². The second kappa shape index (κ2) is 9.07. The van der Waals surface area contributed by atoms with Crippen molar-refractivity contribution in [2.24, 2.45) is 5.92 Å². The maximum Gasteiger partial charge on any atom is 0.227 e. The molecule has 1 saturated heterocycles. The lowest BCUT2D eigenvalue weighted by Crippen LogP contribution is -2.44. The molecule has 1 fully saturated rings. The van der Waals surface area contributed by atoms with Gasteiger partial charge in [0.25, 0.3) is 0 Å². The molecule has 31 heavy (non-hydrogen) atoms. The molecule has 0 radical (unpaired) electrons. The van der Waals surface area contributed by atoms with Gasteiger partial charge in [-0.2, -0.15) is 4.98 Å². The van der Waals surface area contributed by atoms with E-state index in [9.17, 15) is 9.59 Å². The molecular weight excluding hydrogens is 418 g/mol. The number of halogens is 1. The lowest BCUT2D eigenvalue weighted by atomic mass is 9.95. The molecule has 3 heterocycles. The Morgan fingerprint density at radius 3 is 2.77 bits per heavy atom. The van der Waals surface area contributed by atoms with E-state index in [1.165, 1.54) is 0 Å². The summed E-state index contributed by atoms with van der Waals surface area (Å²) in [6.07, 6.45) is 2.26. The number of benzene rings is 1. The Balaban J connectivity index is 1.61.